The van der Waals surface area contributed by atoms with Gasteiger partial charge in [-0.25, -0.2) is 4.98 Å². The van der Waals surface area contributed by atoms with Crippen LogP contribution in [0, 0.1) is 5.41 Å². The van der Waals surface area contributed by atoms with Gasteiger partial charge in [-0.05, 0) is 18.3 Å². The topological polar surface area (TPSA) is 12.9 Å². The van der Waals surface area contributed by atoms with E-state index >= 15 is 0 Å². The molecule has 0 N–H and O–H groups in total. The summed E-state index contributed by atoms with van der Waals surface area (Å²) >= 11 is 1.92. The molecule has 2 heteroatoms. The second-order valence-electron chi connectivity index (χ2n) is 5.09. The van der Waals surface area contributed by atoms with Crippen molar-refractivity contribution in [1.82, 2.24) is 4.98 Å². The predicted molar refractivity (Wildman–Crippen MR) is 57.4 cm³/mol. The summed E-state index contributed by atoms with van der Waals surface area (Å²) in [5.41, 5.74) is 1.84. The fourth-order valence-electron chi connectivity index (χ4n) is 1.88. The van der Waals surface area contributed by atoms with Gasteiger partial charge in [0, 0.05) is 10.8 Å². The molecule has 1 aromatic heterocycles. The first-order valence-electron chi connectivity index (χ1n) is 4.96. The van der Waals surface area contributed by atoms with Gasteiger partial charge in [0.1, 0.15) is 0 Å². The second kappa shape index (κ2) is 2.81. The largest absolute Gasteiger partial charge is 0.246 e. The van der Waals surface area contributed by atoms with Crippen LogP contribution in [-0.4, -0.2) is 4.98 Å². The maximum absolute atomic E-state index is 4.70. The van der Waals surface area contributed by atoms with E-state index in [4.69, 9.17) is 4.98 Å². The monoisotopic (exact) mass is 195 g/mol. The van der Waals surface area contributed by atoms with Crippen molar-refractivity contribution in [3.05, 3.63) is 15.6 Å². The molecule has 72 valence electrons. The molecule has 1 aliphatic rings. The number of hydrogen-bond donors (Lipinski definition) is 0. The molecular weight excluding hydrogens is 178 g/mol. The molecule has 0 bridgehead atoms. The van der Waals surface area contributed by atoms with Crippen molar-refractivity contribution < 1.29 is 0 Å². The van der Waals surface area contributed by atoms with Gasteiger partial charge in [0.25, 0.3) is 0 Å². The number of hydrogen-bond acceptors (Lipinski definition) is 2. The first-order valence-corrected chi connectivity index (χ1v) is 5.78. The fourth-order valence-corrected chi connectivity index (χ4v) is 3.22. The first-order chi connectivity index (χ1) is 5.98. The van der Waals surface area contributed by atoms with E-state index in [1.807, 2.05) is 11.3 Å². The molecule has 2 rings (SSSR count). The molecule has 0 atom stereocenters. The Kier molecular flexibility index (Phi) is 1.99. The third-order valence-corrected chi connectivity index (χ3v) is 3.97. The molecule has 13 heavy (non-hydrogen) atoms. The molecule has 0 unspecified atom stereocenters. The number of thiazole rings is 1. The smallest absolute Gasteiger partial charge is 0.0956 e. The summed E-state index contributed by atoms with van der Waals surface area (Å²) in [6, 6.07) is 0. The number of fused-ring (bicyclic) bond motifs is 1. The van der Waals surface area contributed by atoms with E-state index in [2.05, 4.69) is 27.7 Å². The third kappa shape index (κ3) is 1.64. The Morgan fingerprint density at radius 2 is 2.00 bits per heavy atom. The molecule has 1 heterocycles. The van der Waals surface area contributed by atoms with E-state index < -0.39 is 0 Å². The lowest BCUT2D eigenvalue weighted by molar-refractivity contribution is 0.391. The van der Waals surface area contributed by atoms with Crippen molar-refractivity contribution in [1.29, 1.82) is 0 Å². The van der Waals surface area contributed by atoms with Crippen LogP contribution >= 0.6 is 11.3 Å². The van der Waals surface area contributed by atoms with Crippen LogP contribution in [-0.2, 0) is 12.8 Å². The molecule has 0 radical (unpaired) electrons. The summed E-state index contributed by atoms with van der Waals surface area (Å²) in [4.78, 5) is 6.24. The summed E-state index contributed by atoms with van der Waals surface area (Å²) in [6.07, 6.45) is 2.40. The van der Waals surface area contributed by atoms with Crippen molar-refractivity contribution in [2.24, 2.45) is 5.41 Å². The Labute approximate surface area is 84.2 Å². The maximum Gasteiger partial charge on any atom is 0.0956 e. The van der Waals surface area contributed by atoms with E-state index in [-0.39, 0.29) is 0 Å². The van der Waals surface area contributed by atoms with Crippen LogP contribution in [0.2, 0.25) is 0 Å². The average Bonchev–Trinajstić information content (AvgIpc) is 2.39. The van der Waals surface area contributed by atoms with E-state index in [0.717, 1.165) is 0 Å². The molecule has 1 aliphatic carbocycles. The summed E-state index contributed by atoms with van der Waals surface area (Å²) in [5.74, 6) is 0.596. The molecule has 0 aromatic carbocycles. The zero-order valence-corrected chi connectivity index (χ0v) is 9.66. The van der Waals surface area contributed by atoms with Crippen LogP contribution in [0.3, 0.4) is 0 Å². The molecule has 1 aromatic rings. The highest BCUT2D eigenvalue weighted by atomic mass is 32.1. The third-order valence-electron chi connectivity index (χ3n) is 2.57. The minimum atomic E-state index is 0.462. The number of rotatable bonds is 1. The van der Waals surface area contributed by atoms with Gasteiger partial charge in [0.15, 0.2) is 0 Å². The van der Waals surface area contributed by atoms with Gasteiger partial charge in [-0.3, -0.25) is 0 Å². The zero-order chi connectivity index (χ0) is 9.64. The lowest BCUT2D eigenvalue weighted by Gasteiger charge is -2.15. The van der Waals surface area contributed by atoms with Crippen LogP contribution in [0.5, 0.6) is 0 Å². The summed E-state index contributed by atoms with van der Waals surface area (Å²) in [7, 11) is 0. The van der Waals surface area contributed by atoms with E-state index in [1.54, 1.807) is 0 Å². The van der Waals surface area contributed by atoms with Crippen LogP contribution in [0.4, 0.5) is 0 Å². The lowest BCUT2D eigenvalue weighted by atomic mass is 9.91. The van der Waals surface area contributed by atoms with Crippen molar-refractivity contribution in [3.63, 3.8) is 0 Å². The molecule has 0 saturated heterocycles. The molecule has 0 amide bonds. The minimum Gasteiger partial charge on any atom is -0.246 e. The van der Waals surface area contributed by atoms with Gasteiger partial charge in [0.05, 0.1) is 10.7 Å². The van der Waals surface area contributed by atoms with E-state index in [0.29, 0.717) is 11.3 Å². The maximum atomic E-state index is 4.70. The zero-order valence-electron chi connectivity index (χ0n) is 8.85. The van der Waals surface area contributed by atoms with Crippen molar-refractivity contribution >= 4 is 11.3 Å². The Morgan fingerprint density at radius 3 is 2.54 bits per heavy atom. The van der Waals surface area contributed by atoms with E-state index in [1.165, 1.54) is 28.4 Å². The van der Waals surface area contributed by atoms with Gasteiger partial charge in [-0.2, -0.15) is 0 Å². The molecule has 0 aliphatic heterocycles. The highest BCUT2D eigenvalue weighted by molar-refractivity contribution is 7.11. The highest BCUT2D eigenvalue weighted by Gasteiger charge is 2.31. The Balaban J connectivity index is 2.29. The Bertz CT molecular complexity index is 297. The summed E-state index contributed by atoms with van der Waals surface area (Å²) in [6.45, 7) is 9.10. The van der Waals surface area contributed by atoms with Crippen LogP contribution in [0.15, 0.2) is 0 Å². The molecule has 0 fully saturated rings. The SMILES string of the molecule is CC(C)c1nc2c(s1)CC(C)(C)C2. The molecule has 0 spiro atoms. The lowest BCUT2D eigenvalue weighted by Crippen LogP contribution is -2.10. The van der Waals surface area contributed by atoms with Gasteiger partial charge in [0.2, 0.25) is 0 Å². The Hall–Kier alpha value is -0.370. The van der Waals surface area contributed by atoms with Gasteiger partial charge >= 0.3 is 0 Å². The molecule has 0 saturated carbocycles. The second-order valence-corrected chi connectivity index (χ2v) is 6.21. The number of nitrogens with zero attached hydrogens (tertiary/aromatic N) is 1. The van der Waals surface area contributed by atoms with Gasteiger partial charge < -0.3 is 0 Å². The van der Waals surface area contributed by atoms with Crippen molar-refractivity contribution in [2.75, 3.05) is 0 Å². The average molecular weight is 195 g/mol. The molecule has 1 nitrogen and oxygen atoms in total. The van der Waals surface area contributed by atoms with Gasteiger partial charge in [-0.15, -0.1) is 11.3 Å². The highest BCUT2D eigenvalue weighted by Crippen LogP contribution is 2.40. The number of aromatic nitrogens is 1. The van der Waals surface area contributed by atoms with Crippen molar-refractivity contribution in [2.45, 2.75) is 46.5 Å². The quantitative estimate of drug-likeness (QED) is 0.669. The van der Waals surface area contributed by atoms with E-state index in [9.17, 15) is 0 Å². The van der Waals surface area contributed by atoms with Gasteiger partial charge in [-0.1, -0.05) is 27.7 Å². The normalized spacial score (nSPS) is 19.5. The first kappa shape index (κ1) is 9.20. The molecular formula is C11H17NS. The Morgan fingerprint density at radius 1 is 1.31 bits per heavy atom. The van der Waals surface area contributed by atoms with Crippen LogP contribution in [0.25, 0.3) is 0 Å². The summed E-state index contributed by atoms with van der Waals surface area (Å²) < 4.78 is 0. The van der Waals surface area contributed by atoms with Crippen molar-refractivity contribution in [3.8, 4) is 0 Å². The summed E-state index contributed by atoms with van der Waals surface area (Å²) in [5, 5.41) is 1.32. The minimum absolute atomic E-state index is 0.462. The van der Waals surface area contributed by atoms with Crippen LogP contribution < -0.4 is 0 Å². The fraction of sp³-hybridized carbons (Fsp3) is 0.727. The van der Waals surface area contributed by atoms with Crippen LogP contribution in [0.1, 0.15) is 49.2 Å². The standard InChI is InChI=1S/C11H17NS/c1-7(2)10-12-8-5-11(3,4)6-9(8)13-10/h7H,5-6H2,1-4H3. The predicted octanol–water partition coefficient (Wildman–Crippen LogP) is 3.39.